The van der Waals surface area contributed by atoms with Gasteiger partial charge in [-0.15, -0.1) is 0 Å². The van der Waals surface area contributed by atoms with E-state index in [1.807, 2.05) is 30.3 Å². The fraction of sp³-hybridized carbons (Fsp3) is 0.0870. The molecule has 0 saturated carbocycles. The van der Waals surface area contributed by atoms with Crippen molar-refractivity contribution in [3.63, 3.8) is 0 Å². The molecule has 0 atom stereocenters. The van der Waals surface area contributed by atoms with Gasteiger partial charge in [0.25, 0.3) is 0 Å². The molecule has 1 amide bonds. The van der Waals surface area contributed by atoms with E-state index in [1.165, 1.54) is 12.5 Å². The Hall–Kier alpha value is -3.73. The topological polar surface area (TPSA) is 67.8 Å². The van der Waals surface area contributed by atoms with Crippen LogP contribution in [0.3, 0.4) is 0 Å². The van der Waals surface area contributed by atoms with Crippen molar-refractivity contribution in [2.75, 3.05) is 5.32 Å². The van der Waals surface area contributed by atoms with Gasteiger partial charge >= 0.3 is 5.97 Å². The maximum Gasteiger partial charge on any atom is 0.363 e. The fourth-order valence-electron chi connectivity index (χ4n) is 3.18. The lowest BCUT2D eigenvalue weighted by atomic mass is 10.00. The molecule has 1 heterocycles. The molecule has 0 bridgehead atoms. The van der Waals surface area contributed by atoms with E-state index in [1.54, 1.807) is 30.3 Å². The second-order valence-corrected chi connectivity index (χ2v) is 6.61. The van der Waals surface area contributed by atoms with Crippen LogP contribution in [0.4, 0.5) is 5.69 Å². The number of aliphatic imine (C=N–C) groups is 1. The highest BCUT2D eigenvalue weighted by Crippen LogP contribution is 2.26. The maximum atomic E-state index is 12.3. The first-order valence-corrected chi connectivity index (χ1v) is 8.90. The van der Waals surface area contributed by atoms with Gasteiger partial charge in [-0.05, 0) is 59.2 Å². The Kier molecular flexibility index (Phi) is 4.49. The molecule has 0 unspecified atom stereocenters. The molecule has 1 aliphatic rings. The molecule has 3 aromatic rings. The van der Waals surface area contributed by atoms with Gasteiger partial charge < -0.3 is 10.1 Å². The number of amides is 1. The molecule has 28 heavy (non-hydrogen) atoms. The molecule has 0 spiro atoms. The number of ether oxygens (including phenoxy) is 1. The zero-order valence-electron chi connectivity index (χ0n) is 15.5. The number of carbonyl (C=O) groups excluding carboxylic acids is 2. The average molecular weight is 370 g/mol. The van der Waals surface area contributed by atoms with E-state index in [-0.39, 0.29) is 17.5 Å². The summed E-state index contributed by atoms with van der Waals surface area (Å²) in [5.41, 5.74) is 3.69. The van der Waals surface area contributed by atoms with Gasteiger partial charge in [-0.25, -0.2) is 9.79 Å². The smallest absolute Gasteiger partial charge is 0.363 e. The highest BCUT2D eigenvalue weighted by Gasteiger charge is 2.24. The highest BCUT2D eigenvalue weighted by atomic mass is 16.6. The van der Waals surface area contributed by atoms with Crippen molar-refractivity contribution >= 4 is 40.3 Å². The molecular formula is C23H18N2O3. The fourth-order valence-corrected chi connectivity index (χ4v) is 3.18. The SMILES string of the molecule is CC(=O)Nc1ccc(C2=N/C(=C\c3ccc(C)c4ccccc34)C(=O)O2)cc1. The van der Waals surface area contributed by atoms with E-state index in [0.717, 1.165) is 16.3 Å². The van der Waals surface area contributed by atoms with Crippen LogP contribution in [0.5, 0.6) is 0 Å². The molecule has 0 aliphatic carbocycles. The summed E-state index contributed by atoms with van der Waals surface area (Å²) in [6.07, 6.45) is 1.75. The molecule has 5 heteroatoms. The molecule has 5 nitrogen and oxygen atoms in total. The summed E-state index contributed by atoms with van der Waals surface area (Å²) in [5.74, 6) is -0.374. The molecular weight excluding hydrogens is 352 g/mol. The van der Waals surface area contributed by atoms with Crippen molar-refractivity contribution < 1.29 is 14.3 Å². The van der Waals surface area contributed by atoms with E-state index in [4.69, 9.17) is 4.74 Å². The predicted octanol–water partition coefficient (Wildman–Crippen LogP) is 4.45. The van der Waals surface area contributed by atoms with E-state index in [9.17, 15) is 9.59 Å². The summed E-state index contributed by atoms with van der Waals surface area (Å²) in [6, 6.07) is 19.0. The number of fused-ring (bicyclic) bond motifs is 1. The van der Waals surface area contributed by atoms with Crippen LogP contribution < -0.4 is 5.32 Å². The van der Waals surface area contributed by atoms with Crippen molar-refractivity contribution in [2.24, 2.45) is 4.99 Å². The van der Waals surface area contributed by atoms with Gasteiger partial charge in [0.2, 0.25) is 11.8 Å². The lowest BCUT2D eigenvalue weighted by Gasteiger charge is -2.05. The standard InChI is InChI=1S/C23H18N2O3/c1-14-7-8-17(20-6-4-3-5-19(14)20)13-21-23(27)28-22(25-21)16-9-11-18(12-10-16)24-15(2)26/h3-13H,1-2H3,(H,24,26)/b21-13-. The first-order chi connectivity index (χ1) is 13.5. The number of hydrogen-bond acceptors (Lipinski definition) is 4. The number of rotatable bonds is 3. The van der Waals surface area contributed by atoms with E-state index >= 15 is 0 Å². The number of nitrogens with one attached hydrogen (secondary N) is 1. The van der Waals surface area contributed by atoms with Gasteiger partial charge in [0.05, 0.1) is 0 Å². The quantitative estimate of drug-likeness (QED) is 0.547. The molecule has 138 valence electrons. The predicted molar refractivity (Wildman–Crippen MR) is 110 cm³/mol. The molecule has 1 N–H and O–H groups in total. The number of cyclic esters (lactones) is 1. The van der Waals surface area contributed by atoms with Crippen LogP contribution in [0.15, 0.2) is 71.4 Å². The summed E-state index contributed by atoms with van der Waals surface area (Å²) in [5, 5.41) is 4.90. The van der Waals surface area contributed by atoms with Crippen LogP contribution in [0.1, 0.15) is 23.6 Å². The maximum absolute atomic E-state index is 12.3. The number of anilines is 1. The average Bonchev–Trinajstić information content (AvgIpc) is 3.05. The third-order valence-electron chi connectivity index (χ3n) is 4.54. The molecule has 4 rings (SSSR count). The minimum absolute atomic E-state index is 0.145. The van der Waals surface area contributed by atoms with E-state index in [2.05, 4.69) is 23.3 Å². The molecule has 3 aromatic carbocycles. The summed E-state index contributed by atoms with van der Waals surface area (Å²) >= 11 is 0. The van der Waals surface area contributed by atoms with Gasteiger partial charge in [-0.2, -0.15) is 0 Å². The van der Waals surface area contributed by atoms with Gasteiger partial charge in [0, 0.05) is 18.2 Å². The third kappa shape index (κ3) is 3.42. The Morgan fingerprint density at radius 2 is 1.71 bits per heavy atom. The summed E-state index contributed by atoms with van der Waals surface area (Å²) in [4.78, 5) is 27.8. The van der Waals surface area contributed by atoms with Gasteiger partial charge in [-0.3, -0.25) is 4.79 Å². The molecule has 1 aliphatic heterocycles. The highest BCUT2D eigenvalue weighted by molar-refractivity contribution is 6.13. The summed E-state index contributed by atoms with van der Waals surface area (Å²) in [6.45, 7) is 3.51. The number of aryl methyl sites for hydroxylation is 1. The lowest BCUT2D eigenvalue weighted by molar-refractivity contribution is -0.129. The third-order valence-corrected chi connectivity index (χ3v) is 4.54. The number of hydrogen-bond donors (Lipinski definition) is 1. The largest absolute Gasteiger partial charge is 0.402 e. The minimum Gasteiger partial charge on any atom is -0.402 e. The number of carbonyl (C=O) groups is 2. The van der Waals surface area contributed by atoms with Crippen LogP contribution in [0.2, 0.25) is 0 Å². The Labute approximate surface area is 162 Å². The molecule has 0 aromatic heterocycles. The number of benzene rings is 3. The molecule has 0 saturated heterocycles. The first-order valence-electron chi connectivity index (χ1n) is 8.90. The Morgan fingerprint density at radius 1 is 1.00 bits per heavy atom. The van der Waals surface area contributed by atoms with Crippen molar-refractivity contribution in [3.8, 4) is 0 Å². The first kappa shape index (κ1) is 17.7. The van der Waals surface area contributed by atoms with Gasteiger partial charge in [0.15, 0.2) is 5.70 Å². The zero-order chi connectivity index (χ0) is 19.7. The summed E-state index contributed by atoms with van der Waals surface area (Å²) < 4.78 is 5.34. The van der Waals surface area contributed by atoms with Gasteiger partial charge in [0.1, 0.15) is 0 Å². The van der Waals surface area contributed by atoms with Crippen LogP contribution in [0.25, 0.3) is 16.8 Å². The van der Waals surface area contributed by atoms with Crippen molar-refractivity contribution in [1.29, 1.82) is 0 Å². The second kappa shape index (κ2) is 7.12. The van der Waals surface area contributed by atoms with Crippen LogP contribution in [0, 0.1) is 6.92 Å². The number of esters is 1. The van der Waals surface area contributed by atoms with Crippen molar-refractivity contribution in [1.82, 2.24) is 0 Å². The Morgan fingerprint density at radius 3 is 2.43 bits per heavy atom. The molecule has 0 fully saturated rings. The number of nitrogens with zero attached hydrogens (tertiary/aromatic N) is 1. The van der Waals surface area contributed by atoms with Gasteiger partial charge in [-0.1, -0.05) is 36.4 Å². The van der Waals surface area contributed by atoms with Crippen molar-refractivity contribution in [3.05, 3.63) is 83.1 Å². The minimum atomic E-state index is -0.481. The van der Waals surface area contributed by atoms with E-state index < -0.39 is 5.97 Å². The van der Waals surface area contributed by atoms with Crippen LogP contribution >= 0.6 is 0 Å². The van der Waals surface area contributed by atoms with Crippen LogP contribution in [-0.2, 0) is 14.3 Å². The lowest BCUT2D eigenvalue weighted by Crippen LogP contribution is -2.07. The Balaban J connectivity index is 1.68. The molecule has 0 radical (unpaired) electrons. The second-order valence-electron chi connectivity index (χ2n) is 6.61. The monoisotopic (exact) mass is 370 g/mol. The summed E-state index contributed by atoms with van der Waals surface area (Å²) in [7, 11) is 0. The van der Waals surface area contributed by atoms with Crippen molar-refractivity contribution in [2.45, 2.75) is 13.8 Å². The normalized spacial score (nSPS) is 14.9. The van der Waals surface area contributed by atoms with E-state index in [0.29, 0.717) is 11.3 Å². The zero-order valence-corrected chi connectivity index (χ0v) is 15.5. The Bertz CT molecular complexity index is 1160. The van der Waals surface area contributed by atoms with Crippen LogP contribution in [-0.4, -0.2) is 17.8 Å².